The van der Waals surface area contributed by atoms with E-state index in [1.165, 1.54) is 10.8 Å². The van der Waals surface area contributed by atoms with Crippen LogP contribution in [0.2, 0.25) is 0 Å². The average molecular weight is 453 g/mol. The molecule has 10 nitrogen and oxygen atoms in total. The summed E-state index contributed by atoms with van der Waals surface area (Å²) in [5.41, 5.74) is 0.916. The third kappa shape index (κ3) is 4.34. The van der Waals surface area contributed by atoms with Crippen LogP contribution in [0.4, 0.5) is 11.4 Å². The predicted octanol–water partition coefficient (Wildman–Crippen LogP) is 2.34. The van der Waals surface area contributed by atoms with Crippen molar-refractivity contribution in [2.45, 2.75) is 13.5 Å². The van der Waals surface area contributed by atoms with Gasteiger partial charge < -0.3 is 23.7 Å². The van der Waals surface area contributed by atoms with E-state index >= 15 is 0 Å². The number of piperazine rings is 1. The van der Waals surface area contributed by atoms with Crippen molar-refractivity contribution in [3.63, 3.8) is 0 Å². The van der Waals surface area contributed by atoms with Crippen molar-refractivity contribution in [2.75, 3.05) is 51.7 Å². The molecule has 3 aromatic rings. The average Bonchev–Trinajstić information content (AvgIpc) is 3.32. The van der Waals surface area contributed by atoms with E-state index in [0.717, 1.165) is 5.56 Å². The number of aryl methyl sites for hydroxylation is 1. The minimum Gasteiger partial charge on any atom is -0.459 e. The Kier molecular flexibility index (Phi) is 6.19. The highest BCUT2D eigenvalue weighted by molar-refractivity contribution is 5.97. The predicted molar refractivity (Wildman–Crippen MR) is 125 cm³/mol. The van der Waals surface area contributed by atoms with E-state index in [0.29, 0.717) is 55.9 Å². The summed E-state index contributed by atoms with van der Waals surface area (Å²) in [6.07, 6.45) is 1.45. The topological polar surface area (TPSA) is 105 Å². The van der Waals surface area contributed by atoms with Crippen LogP contribution in [0.5, 0.6) is 0 Å². The lowest BCUT2D eigenvalue weighted by atomic mass is 10.1. The van der Waals surface area contributed by atoms with Crippen LogP contribution < -0.4 is 10.5 Å². The van der Waals surface area contributed by atoms with Crippen LogP contribution in [0.15, 0.2) is 45.8 Å². The molecule has 1 fully saturated rings. The highest BCUT2D eigenvalue weighted by Gasteiger charge is 2.32. The molecule has 2 aromatic heterocycles. The second-order valence-electron chi connectivity index (χ2n) is 8.49. The van der Waals surface area contributed by atoms with Crippen molar-refractivity contribution >= 4 is 28.2 Å². The van der Waals surface area contributed by atoms with Gasteiger partial charge in [-0.05, 0) is 45.3 Å². The van der Waals surface area contributed by atoms with Gasteiger partial charge in [-0.25, -0.2) is 0 Å². The summed E-state index contributed by atoms with van der Waals surface area (Å²) in [4.78, 5) is 42.9. The maximum atomic E-state index is 13.3. The standard InChI is InChI=1S/C23H27N5O5/c1-16-6-7-18-17(15-16)20(21(28(31)32)23(30)27(18)13-8-24(2)3)25-9-11-26(12-10-25)22(29)19-5-4-14-33-19/h4-7,14-15H,8-13H2,1-3H3. The first-order valence-electron chi connectivity index (χ1n) is 10.8. The van der Waals surface area contributed by atoms with Crippen LogP contribution in [0.3, 0.4) is 0 Å². The molecule has 1 aliphatic rings. The summed E-state index contributed by atoms with van der Waals surface area (Å²) in [6, 6.07) is 8.93. The number of aromatic nitrogens is 1. The number of amides is 1. The van der Waals surface area contributed by atoms with E-state index in [-0.39, 0.29) is 11.7 Å². The Hall–Kier alpha value is -3.66. The van der Waals surface area contributed by atoms with Crippen LogP contribution in [0.25, 0.3) is 10.9 Å². The van der Waals surface area contributed by atoms with Crippen molar-refractivity contribution in [1.29, 1.82) is 0 Å². The SMILES string of the molecule is Cc1ccc2c(c1)c(N1CCN(C(=O)c3ccco3)CC1)c([N+](=O)[O-])c(=O)n2CCN(C)C. The Balaban J connectivity index is 1.76. The minimum absolute atomic E-state index is 0.214. The first-order valence-corrected chi connectivity index (χ1v) is 10.8. The molecule has 10 heteroatoms. The number of carbonyl (C=O) groups excluding carboxylic acids is 1. The summed E-state index contributed by atoms with van der Waals surface area (Å²) in [6.45, 7) is 4.32. The molecule has 0 bridgehead atoms. The van der Waals surface area contributed by atoms with Gasteiger partial charge in [0, 0.05) is 44.7 Å². The van der Waals surface area contributed by atoms with E-state index in [4.69, 9.17) is 4.42 Å². The Labute approximate surface area is 190 Å². The number of pyridine rings is 1. The van der Waals surface area contributed by atoms with Gasteiger partial charge in [0.25, 0.3) is 5.91 Å². The molecule has 33 heavy (non-hydrogen) atoms. The zero-order chi connectivity index (χ0) is 23.7. The summed E-state index contributed by atoms with van der Waals surface area (Å²) in [5, 5.41) is 12.8. The Morgan fingerprint density at radius 1 is 1.18 bits per heavy atom. The number of fused-ring (bicyclic) bond motifs is 1. The molecule has 174 valence electrons. The molecule has 0 N–H and O–H groups in total. The van der Waals surface area contributed by atoms with E-state index in [2.05, 4.69) is 0 Å². The molecule has 0 aliphatic carbocycles. The van der Waals surface area contributed by atoms with Gasteiger partial charge in [-0.3, -0.25) is 19.7 Å². The summed E-state index contributed by atoms with van der Waals surface area (Å²) in [7, 11) is 3.79. The molecule has 4 rings (SSSR count). The first kappa shape index (κ1) is 22.5. The largest absolute Gasteiger partial charge is 0.459 e. The molecule has 0 unspecified atom stereocenters. The molecule has 0 saturated carbocycles. The third-order valence-corrected chi connectivity index (χ3v) is 5.94. The van der Waals surface area contributed by atoms with Gasteiger partial charge in [-0.2, -0.15) is 0 Å². The Morgan fingerprint density at radius 2 is 1.91 bits per heavy atom. The molecule has 1 aromatic carbocycles. The number of carbonyl (C=O) groups is 1. The summed E-state index contributed by atoms with van der Waals surface area (Å²) < 4.78 is 6.70. The highest BCUT2D eigenvalue weighted by atomic mass is 16.6. The number of nitro groups is 1. The molecular formula is C23H27N5O5. The monoisotopic (exact) mass is 453 g/mol. The fourth-order valence-corrected chi connectivity index (χ4v) is 4.24. The molecule has 0 spiro atoms. The highest BCUT2D eigenvalue weighted by Crippen LogP contribution is 2.35. The molecule has 0 radical (unpaired) electrons. The number of nitrogens with zero attached hydrogens (tertiary/aromatic N) is 5. The van der Waals surface area contributed by atoms with Crippen LogP contribution in [-0.2, 0) is 6.54 Å². The van der Waals surface area contributed by atoms with E-state index in [1.54, 1.807) is 17.0 Å². The van der Waals surface area contributed by atoms with Crippen molar-refractivity contribution < 1.29 is 14.1 Å². The normalized spacial score (nSPS) is 14.3. The minimum atomic E-state index is -0.609. The maximum Gasteiger partial charge on any atom is 0.357 e. The van der Waals surface area contributed by atoms with Crippen molar-refractivity contribution in [2.24, 2.45) is 0 Å². The van der Waals surface area contributed by atoms with Crippen LogP contribution >= 0.6 is 0 Å². The smallest absolute Gasteiger partial charge is 0.357 e. The number of hydrogen-bond acceptors (Lipinski definition) is 7. The molecule has 1 amide bonds. The second kappa shape index (κ2) is 9.07. The van der Waals surface area contributed by atoms with Gasteiger partial charge in [0.05, 0.1) is 16.7 Å². The molecule has 3 heterocycles. The van der Waals surface area contributed by atoms with Gasteiger partial charge in [0.1, 0.15) is 5.69 Å². The molecule has 1 aliphatic heterocycles. The van der Waals surface area contributed by atoms with Gasteiger partial charge in [0.2, 0.25) is 0 Å². The molecule has 1 saturated heterocycles. The van der Waals surface area contributed by atoms with E-state index in [1.807, 2.05) is 49.0 Å². The van der Waals surface area contributed by atoms with E-state index in [9.17, 15) is 19.7 Å². The maximum absolute atomic E-state index is 13.3. The third-order valence-electron chi connectivity index (χ3n) is 5.94. The van der Waals surface area contributed by atoms with E-state index < -0.39 is 16.2 Å². The summed E-state index contributed by atoms with van der Waals surface area (Å²) >= 11 is 0. The van der Waals surface area contributed by atoms with Gasteiger partial charge in [0.15, 0.2) is 5.76 Å². The Bertz CT molecular complexity index is 1240. The number of benzene rings is 1. The fraction of sp³-hybridized carbons (Fsp3) is 0.391. The lowest BCUT2D eigenvalue weighted by Crippen LogP contribution is -2.49. The second-order valence-corrected chi connectivity index (χ2v) is 8.49. The Morgan fingerprint density at radius 3 is 2.52 bits per heavy atom. The summed E-state index contributed by atoms with van der Waals surface area (Å²) in [5.74, 6) is 0.0490. The molecule has 0 atom stereocenters. The van der Waals surface area contributed by atoms with Crippen LogP contribution in [0.1, 0.15) is 16.1 Å². The number of furan rings is 1. The number of likely N-dealkylation sites (N-methyl/N-ethyl adjacent to an activating group) is 1. The number of anilines is 1. The van der Waals surface area contributed by atoms with Gasteiger partial charge >= 0.3 is 11.2 Å². The van der Waals surface area contributed by atoms with Gasteiger partial charge in [-0.15, -0.1) is 0 Å². The first-order chi connectivity index (χ1) is 15.8. The van der Waals surface area contributed by atoms with Crippen LogP contribution in [0, 0.1) is 17.0 Å². The fourth-order valence-electron chi connectivity index (χ4n) is 4.24. The quantitative estimate of drug-likeness (QED) is 0.417. The zero-order valence-corrected chi connectivity index (χ0v) is 19.0. The van der Waals surface area contributed by atoms with Crippen molar-refractivity contribution in [1.82, 2.24) is 14.4 Å². The van der Waals surface area contributed by atoms with Crippen molar-refractivity contribution in [3.8, 4) is 0 Å². The van der Waals surface area contributed by atoms with Crippen LogP contribution in [-0.4, -0.2) is 72.0 Å². The number of hydrogen-bond donors (Lipinski definition) is 0. The van der Waals surface area contributed by atoms with Gasteiger partial charge in [-0.1, -0.05) is 11.6 Å². The van der Waals surface area contributed by atoms with Crippen molar-refractivity contribution in [3.05, 3.63) is 68.4 Å². The molecular weight excluding hydrogens is 426 g/mol. The number of rotatable bonds is 6. The lowest BCUT2D eigenvalue weighted by molar-refractivity contribution is -0.385. The zero-order valence-electron chi connectivity index (χ0n) is 19.0. The lowest BCUT2D eigenvalue weighted by Gasteiger charge is -2.36.